The fourth-order valence-electron chi connectivity index (χ4n) is 3.25. The van der Waals surface area contributed by atoms with Gasteiger partial charge in [0.25, 0.3) is 0 Å². The molecule has 1 N–H and O–H groups in total. The number of nitrogens with zero attached hydrogens (tertiary/aromatic N) is 5. The van der Waals surface area contributed by atoms with Crippen molar-refractivity contribution in [1.82, 2.24) is 19.8 Å². The van der Waals surface area contributed by atoms with Crippen LogP contribution in [0.25, 0.3) is 6.08 Å². The van der Waals surface area contributed by atoms with Crippen LogP contribution in [-0.4, -0.2) is 79.7 Å². The number of hydrogen-bond acceptors (Lipinski definition) is 6. The van der Waals surface area contributed by atoms with E-state index < -0.39 is 0 Å². The van der Waals surface area contributed by atoms with Crippen LogP contribution < -0.4 is 10.2 Å². The lowest BCUT2D eigenvalue weighted by molar-refractivity contribution is 0.283. The summed E-state index contributed by atoms with van der Waals surface area (Å²) >= 11 is 0. The largest absolute Gasteiger partial charge is 0.354 e. The Hall–Kier alpha value is -2.44. The van der Waals surface area contributed by atoms with E-state index in [1.165, 1.54) is 5.56 Å². The van der Waals surface area contributed by atoms with Crippen LogP contribution in [0.3, 0.4) is 0 Å². The fourth-order valence-corrected chi connectivity index (χ4v) is 3.25. The highest BCUT2D eigenvalue weighted by atomic mass is 15.3. The summed E-state index contributed by atoms with van der Waals surface area (Å²) in [4.78, 5) is 16.3. The molecule has 0 spiro atoms. The Bertz CT molecular complexity index is 751. The van der Waals surface area contributed by atoms with Crippen molar-refractivity contribution in [2.45, 2.75) is 6.92 Å². The second-order valence-electron chi connectivity index (χ2n) is 7.52. The molecule has 0 saturated carbocycles. The number of rotatable bonds is 8. The van der Waals surface area contributed by atoms with E-state index in [0.717, 1.165) is 63.3 Å². The van der Waals surface area contributed by atoms with Gasteiger partial charge in [0.15, 0.2) is 0 Å². The SMILES string of the molecule is Cc1cc(N2CCN(C/C=C/c3ccccc3)CC2)nc(NCCN(C)C)n1. The molecule has 1 aliphatic rings. The Morgan fingerprint density at radius 2 is 1.82 bits per heavy atom. The summed E-state index contributed by atoms with van der Waals surface area (Å²) in [5, 5.41) is 3.34. The molecular weight excluding hydrogens is 348 g/mol. The third kappa shape index (κ3) is 6.32. The third-order valence-electron chi connectivity index (χ3n) is 4.85. The van der Waals surface area contributed by atoms with Crippen molar-refractivity contribution >= 4 is 17.8 Å². The van der Waals surface area contributed by atoms with E-state index in [-0.39, 0.29) is 0 Å². The quantitative estimate of drug-likeness (QED) is 0.760. The van der Waals surface area contributed by atoms with E-state index in [9.17, 15) is 0 Å². The number of aromatic nitrogens is 2. The molecule has 6 heteroatoms. The first-order valence-electron chi connectivity index (χ1n) is 10.0. The highest BCUT2D eigenvalue weighted by Crippen LogP contribution is 2.17. The van der Waals surface area contributed by atoms with Gasteiger partial charge in [0, 0.05) is 57.6 Å². The lowest BCUT2D eigenvalue weighted by Crippen LogP contribution is -2.46. The number of anilines is 2. The van der Waals surface area contributed by atoms with Gasteiger partial charge >= 0.3 is 0 Å². The Morgan fingerprint density at radius 3 is 2.54 bits per heavy atom. The van der Waals surface area contributed by atoms with E-state index in [1.807, 2.05) is 6.92 Å². The molecule has 0 bridgehead atoms. The molecule has 0 aliphatic carbocycles. The van der Waals surface area contributed by atoms with Crippen molar-refractivity contribution < 1.29 is 0 Å². The summed E-state index contributed by atoms with van der Waals surface area (Å²) in [5.41, 5.74) is 2.26. The van der Waals surface area contributed by atoms with Gasteiger partial charge in [0.1, 0.15) is 5.82 Å². The van der Waals surface area contributed by atoms with Crippen molar-refractivity contribution in [3.63, 3.8) is 0 Å². The van der Waals surface area contributed by atoms with E-state index in [1.54, 1.807) is 0 Å². The number of hydrogen-bond donors (Lipinski definition) is 1. The predicted octanol–water partition coefficient (Wildman–Crippen LogP) is 2.59. The van der Waals surface area contributed by atoms with E-state index >= 15 is 0 Å². The molecule has 6 nitrogen and oxygen atoms in total. The van der Waals surface area contributed by atoms with E-state index in [4.69, 9.17) is 4.98 Å². The zero-order chi connectivity index (χ0) is 19.8. The van der Waals surface area contributed by atoms with Gasteiger partial charge < -0.3 is 15.1 Å². The summed E-state index contributed by atoms with van der Waals surface area (Å²) in [7, 11) is 4.14. The lowest BCUT2D eigenvalue weighted by Gasteiger charge is -2.35. The summed E-state index contributed by atoms with van der Waals surface area (Å²) < 4.78 is 0. The number of nitrogens with one attached hydrogen (secondary N) is 1. The molecule has 1 aliphatic heterocycles. The van der Waals surface area contributed by atoms with Crippen LogP contribution in [-0.2, 0) is 0 Å². The molecule has 1 aromatic heterocycles. The third-order valence-corrected chi connectivity index (χ3v) is 4.85. The summed E-state index contributed by atoms with van der Waals surface area (Å²) in [6.45, 7) is 8.91. The molecule has 0 radical (unpaired) electrons. The van der Waals surface area contributed by atoms with Crippen LogP contribution >= 0.6 is 0 Å². The van der Waals surface area contributed by atoms with Crippen LogP contribution in [0, 0.1) is 6.92 Å². The van der Waals surface area contributed by atoms with Gasteiger partial charge in [-0.05, 0) is 26.6 Å². The van der Waals surface area contributed by atoms with Crippen LogP contribution in [0.1, 0.15) is 11.3 Å². The average Bonchev–Trinajstić information content (AvgIpc) is 2.69. The van der Waals surface area contributed by atoms with Crippen molar-refractivity contribution in [1.29, 1.82) is 0 Å². The lowest BCUT2D eigenvalue weighted by atomic mass is 10.2. The molecule has 150 valence electrons. The second-order valence-corrected chi connectivity index (χ2v) is 7.52. The minimum absolute atomic E-state index is 0.727. The minimum atomic E-state index is 0.727. The normalized spacial score (nSPS) is 15.5. The van der Waals surface area contributed by atoms with Crippen molar-refractivity contribution in [2.75, 3.05) is 70.1 Å². The predicted molar refractivity (Wildman–Crippen MR) is 118 cm³/mol. The Labute approximate surface area is 168 Å². The molecule has 1 fully saturated rings. The van der Waals surface area contributed by atoms with Gasteiger partial charge in [0.2, 0.25) is 5.95 Å². The smallest absolute Gasteiger partial charge is 0.224 e. The van der Waals surface area contributed by atoms with Gasteiger partial charge in [-0.25, -0.2) is 4.98 Å². The van der Waals surface area contributed by atoms with Gasteiger partial charge in [-0.15, -0.1) is 0 Å². The van der Waals surface area contributed by atoms with Gasteiger partial charge in [-0.3, -0.25) is 4.90 Å². The molecule has 0 atom stereocenters. The molecule has 0 unspecified atom stereocenters. The standard InChI is InChI=1S/C22H32N6/c1-19-18-21(25-22(24-19)23-11-13-26(2)3)28-16-14-27(15-17-28)12-7-10-20-8-5-4-6-9-20/h4-10,18H,11-17H2,1-3H3,(H,23,24,25)/b10-7+. The summed E-state index contributed by atoms with van der Waals surface area (Å²) in [5.74, 6) is 1.75. The van der Waals surface area contributed by atoms with Crippen LogP contribution in [0.2, 0.25) is 0 Å². The molecule has 2 heterocycles. The monoisotopic (exact) mass is 380 g/mol. The summed E-state index contributed by atoms with van der Waals surface area (Å²) in [6, 6.07) is 12.6. The fraction of sp³-hybridized carbons (Fsp3) is 0.455. The first-order valence-corrected chi connectivity index (χ1v) is 10.0. The Balaban J connectivity index is 1.50. The van der Waals surface area contributed by atoms with Crippen LogP contribution in [0.4, 0.5) is 11.8 Å². The minimum Gasteiger partial charge on any atom is -0.354 e. The first-order chi connectivity index (χ1) is 13.6. The Kier molecular flexibility index (Phi) is 7.39. The molecular formula is C22H32N6. The summed E-state index contributed by atoms with van der Waals surface area (Å²) in [6.07, 6.45) is 4.46. The molecule has 1 saturated heterocycles. The second kappa shape index (κ2) is 10.2. The molecule has 1 aromatic carbocycles. The molecule has 0 amide bonds. The highest BCUT2D eigenvalue weighted by Gasteiger charge is 2.18. The number of aryl methyl sites for hydroxylation is 1. The Morgan fingerprint density at radius 1 is 1.07 bits per heavy atom. The molecule has 2 aromatic rings. The van der Waals surface area contributed by atoms with Gasteiger partial charge in [0.05, 0.1) is 0 Å². The first kappa shape index (κ1) is 20.3. The zero-order valence-corrected chi connectivity index (χ0v) is 17.3. The maximum absolute atomic E-state index is 4.73. The number of benzene rings is 1. The molecule has 28 heavy (non-hydrogen) atoms. The van der Waals surface area contributed by atoms with Gasteiger partial charge in [-0.2, -0.15) is 4.98 Å². The van der Waals surface area contributed by atoms with Crippen LogP contribution in [0.15, 0.2) is 42.5 Å². The maximum atomic E-state index is 4.73. The number of likely N-dealkylation sites (N-methyl/N-ethyl adjacent to an activating group) is 1. The van der Waals surface area contributed by atoms with Gasteiger partial charge in [-0.1, -0.05) is 42.5 Å². The van der Waals surface area contributed by atoms with Crippen molar-refractivity contribution in [3.05, 3.63) is 53.7 Å². The maximum Gasteiger partial charge on any atom is 0.224 e. The highest BCUT2D eigenvalue weighted by molar-refractivity contribution is 5.49. The van der Waals surface area contributed by atoms with E-state index in [0.29, 0.717) is 0 Å². The topological polar surface area (TPSA) is 47.5 Å². The average molecular weight is 381 g/mol. The zero-order valence-electron chi connectivity index (χ0n) is 17.3. The van der Waals surface area contributed by atoms with Crippen molar-refractivity contribution in [3.8, 4) is 0 Å². The number of piperazine rings is 1. The van der Waals surface area contributed by atoms with E-state index in [2.05, 4.69) is 87.6 Å². The molecule has 3 rings (SSSR count). The van der Waals surface area contributed by atoms with Crippen molar-refractivity contribution in [2.24, 2.45) is 0 Å². The van der Waals surface area contributed by atoms with Crippen LogP contribution in [0.5, 0.6) is 0 Å².